The van der Waals surface area contributed by atoms with Gasteiger partial charge >= 0.3 is 27.8 Å². The Bertz CT molecular complexity index is 3710. The topological polar surface area (TPSA) is 246 Å². The van der Waals surface area contributed by atoms with Gasteiger partial charge in [-0.1, -0.05) is 43.0 Å². The molecule has 2 N–H and O–H groups in total. The van der Waals surface area contributed by atoms with Gasteiger partial charge in [0.25, 0.3) is 0 Å². The average molecular weight is 1130 g/mol. The first-order valence-electron chi connectivity index (χ1n) is 24.3. The fourth-order valence-electron chi connectivity index (χ4n) is 8.26. The number of aromatic nitrogens is 2. The van der Waals surface area contributed by atoms with Crippen LogP contribution in [0.4, 0.5) is 34.1 Å². The third-order valence-corrected chi connectivity index (χ3v) is 14.2. The molecule has 2 saturated carbocycles. The number of hydrogen-bond donors (Lipinski definition) is 2. The average Bonchev–Trinajstić information content (AvgIpc) is 3.93. The van der Waals surface area contributed by atoms with Gasteiger partial charge in [-0.2, -0.15) is 32.1 Å². The van der Waals surface area contributed by atoms with Gasteiger partial charge in [0.2, 0.25) is 0 Å². The molecule has 0 bridgehead atoms. The fourth-order valence-corrected chi connectivity index (χ4v) is 9.11. The van der Waals surface area contributed by atoms with E-state index in [0.717, 1.165) is 90.2 Å². The summed E-state index contributed by atoms with van der Waals surface area (Å²) in [5.41, 5.74) is 0.0479. The molecule has 0 radical (unpaired) electrons. The minimum atomic E-state index is -5.85. The van der Waals surface area contributed by atoms with E-state index in [0.29, 0.717) is 44.7 Å². The highest BCUT2D eigenvalue weighted by Crippen LogP contribution is 2.45. The molecule has 17 nitrogen and oxygen atoms in total. The molecule has 2 aliphatic rings. The Hall–Kier alpha value is -7.60. The lowest BCUT2D eigenvalue weighted by Gasteiger charge is -2.30. The Labute approximate surface area is 451 Å². The molecule has 78 heavy (non-hydrogen) atoms. The molecule has 2 amide bonds. The van der Waals surface area contributed by atoms with Crippen LogP contribution in [-0.4, -0.2) is 75.8 Å². The summed E-state index contributed by atoms with van der Waals surface area (Å²) in [5, 5.41) is 28.8. The number of fused-ring (bicyclic) bond motifs is 2. The van der Waals surface area contributed by atoms with Crippen LogP contribution in [0.15, 0.2) is 102 Å². The number of rotatable bonds is 11. The Kier molecular flexibility index (Phi) is 17.7. The van der Waals surface area contributed by atoms with Crippen molar-refractivity contribution in [2.24, 2.45) is 0 Å². The number of amides is 2. The number of nitrogens with zero attached hydrogens (tertiary/aromatic N) is 4. The Balaban J connectivity index is 0.000000229. The summed E-state index contributed by atoms with van der Waals surface area (Å²) in [6.45, 7) is 13.7. The number of halogens is 3. The number of ether oxygens (including phenoxy) is 2. The van der Waals surface area contributed by atoms with Crippen molar-refractivity contribution in [3.8, 4) is 40.4 Å². The number of carbonyl (C=O) groups excluding carboxylic acids is 2. The lowest BCUT2D eigenvalue weighted by molar-refractivity contribution is -0.0500. The predicted molar refractivity (Wildman–Crippen MR) is 294 cm³/mol. The van der Waals surface area contributed by atoms with E-state index in [-0.39, 0.29) is 12.1 Å². The van der Waals surface area contributed by atoms with Crippen LogP contribution in [0.5, 0.6) is 5.75 Å². The van der Waals surface area contributed by atoms with Crippen LogP contribution in [0, 0.1) is 22.7 Å². The predicted octanol–water partition coefficient (Wildman–Crippen LogP) is 12.9. The quantitative estimate of drug-likeness (QED) is 0.0906. The molecular formula is C55H59F3N6O11S3. The van der Waals surface area contributed by atoms with Crippen molar-refractivity contribution in [2.75, 3.05) is 23.1 Å². The summed E-state index contributed by atoms with van der Waals surface area (Å²) in [7, 11) is -12.0. The Morgan fingerprint density at radius 1 is 0.641 bits per heavy atom. The fraction of sp³-hybridized carbons (Fsp3) is 0.345. The number of alkyl halides is 3. The maximum Gasteiger partial charge on any atom is 0.534 e. The molecule has 2 heterocycles. The smallest absolute Gasteiger partial charge is 0.444 e. The molecule has 23 heteroatoms. The third-order valence-electron chi connectivity index (χ3n) is 12.0. The molecular weight excluding hydrogens is 1070 g/mol. The molecule has 0 unspecified atom stereocenters. The van der Waals surface area contributed by atoms with Crippen LogP contribution < -0.4 is 14.8 Å². The van der Waals surface area contributed by atoms with E-state index in [9.17, 15) is 58.5 Å². The van der Waals surface area contributed by atoms with E-state index >= 15 is 0 Å². The van der Waals surface area contributed by atoms with E-state index in [1.165, 1.54) is 17.5 Å². The van der Waals surface area contributed by atoms with Crippen LogP contribution in [0.1, 0.15) is 109 Å². The molecule has 2 fully saturated rings. The summed E-state index contributed by atoms with van der Waals surface area (Å²) < 4.78 is 123. The molecule has 0 atom stereocenters. The normalized spacial score (nSPS) is 14.3. The van der Waals surface area contributed by atoms with Crippen molar-refractivity contribution in [3.05, 3.63) is 119 Å². The lowest BCUT2D eigenvalue weighted by Crippen LogP contribution is -2.28. The minimum Gasteiger partial charge on any atom is -0.444 e. The molecule has 0 spiro atoms. The molecule has 0 aliphatic heterocycles. The first-order chi connectivity index (χ1) is 36.2. The number of nitriles is 2. The Morgan fingerprint density at radius 2 is 1.04 bits per heavy atom. The highest BCUT2D eigenvalue weighted by Gasteiger charge is 2.48. The van der Waals surface area contributed by atoms with Gasteiger partial charge < -0.3 is 22.8 Å². The summed E-state index contributed by atoms with van der Waals surface area (Å²) in [5.74, 6) is -0.504. The van der Waals surface area contributed by atoms with Crippen LogP contribution in [0.3, 0.4) is 0 Å². The van der Waals surface area contributed by atoms with Crippen molar-refractivity contribution in [3.63, 3.8) is 0 Å². The van der Waals surface area contributed by atoms with Gasteiger partial charge in [-0.05, 0) is 145 Å². The van der Waals surface area contributed by atoms with Crippen molar-refractivity contribution >= 4 is 81.2 Å². The number of nitrogens with one attached hydrogen (secondary N) is 2. The Morgan fingerprint density at radius 3 is 1.37 bits per heavy atom. The lowest BCUT2D eigenvalue weighted by atomic mass is 9.92. The van der Waals surface area contributed by atoms with Crippen molar-refractivity contribution in [1.29, 1.82) is 10.5 Å². The van der Waals surface area contributed by atoms with Crippen LogP contribution in [-0.2, 0) is 39.3 Å². The van der Waals surface area contributed by atoms with Crippen LogP contribution >= 0.6 is 0 Å². The molecule has 6 aromatic rings. The van der Waals surface area contributed by atoms with Crippen LogP contribution in [0.25, 0.3) is 50.4 Å². The van der Waals surface area contributed by atoms with E-state index in [1.807, 2.05) is 34.9 Å². The second-order valence-corrected chi connectivity index (χ2v) is 26.0. The first kappa shape index (κ1) is 59.6. The molecule has 4 aromatic carbocycles. The van der Waals surface area contributed by atoms with Gasteiger partial charge in [0, 0.05) is 63.6 Å². The number of benzene rings is 4. The van der Waals surface area contributed by atoms with E-state index in [1.54, 1.807) is 84.0 Å². The van der Waals surface area contributed by atoms with Gasteiger partial charge in [-0.3, -0.25) is 10.6 Å². The summed E-state index contributed by atoms with van der Waals surface area (Å²) >= 11 is 0. The van der Waals surface area contributed by atoms with Crippen molar-refractivity contribution in [1.82, 2.24) is 9.13 Å². The number of sulfone groups is 2. The third kappa shape index (κ3) is 15.1. The highest BCUT2D eigenvalue weighted by atomic mass is 32.2. The molecule has 0 saturated heterocycles. The van der Waals surface area contributed by atoms with Gasteiger partial charge in [0.05, 0.1) is 33.5 Å². The van der Waals surface area contributed by atoms with Crippen LogP contribution in [0.2, 0.25) is 0 Å². The number of carbonyl (C=O) groups is 2. The second kappa shape index (κ2) is 23.2. The summed E-state index contributed by atoms with van der Waals surface area (Å²) in [6.07, 6.45) is 8.34. The van der Waals surface area contributed by atoms with Gasteiger partial charge in [0.1, 0.15) is 29.1 Å². The number of anilines is 2. The van der Waals surface area contributed by atoms with Crippen molar-refractivity contribution in [2.45, 2.75) is 109 Å². The molecule has 8 rings (SSSR count). The summed E-state index contributed by atoms with van der Waals surface area (Å²) in [6, 6.07) is 28.2. The zero-order chi connectivity index (χ0) is 57.8. The van der Waals surface area contributed by atoms with Crippen molar-refractivity contribution < 1.29 is 61.7 Å². The van der Waals surface area contributed by atoms with Gasteiger partial charge in [-0.25, -0.2) is 26.4 Å². The van der Waals surface area contributed by atoms with E-state index in [2.05, 4.69) is 38.1 Å². The maximum absolute atomic E-state index is 12.8. The SMILES string of the molecule is C=CS(C)(=O)=O.CC(C)(C)OC(=O)Nc1ccc(-c2c(C#N)c3ccc(/C=C/S(C)(=O)=O)cc3n2C2CCC2)cc1.CC(C)(C)OC(=O)Nc1ccc(-c2c(C#N)c3ccc(OS(=O)(=O)C(F)(F)F)cc3n2C2CCC2)cc1. The monoisotopic (exact) mass is 1130 g/mol. The zero-order valence-electron chi connectivity index (χ0n) is 44.1. The highest BCUT2D eigenvalue weighted by molar-refractivity contribution is 7.93. The largest absolute Gasteiger partial charge is 0.534 e. The minimum absolute atomic E-state index is 0.0337. The molecule has 2 aliphatic carbocycles. The summed E-state index contributed by atoms with van der Waals surface area (Å²) in [4.78, 5) is 24.2. The molecule has 414 valence electrons. The van der Waals surface area contributed by atoms with Gasteiger partial charge in [-0.15, -0.1) is 0 Å². The standard InChI is InChI=1S/C27H29N3O4S.C25H24F3N3O5S.C3H6O2S/c1-27(2,3)34-26(31)29-20-11-9-19(10-12-20)25-23(17-28)22-13-8-18(14-15-35(4,32)33)16-24(22)30(25)21-6-5-7-21;1-24(2,3)35-23(32)30-16-9-7-15(8-10-16)22-20(14-29)19-12-11-18(36-37(33,34)25(26,27)28)13-21(19)31(22)17-5-4-6-17;1-3-6(2,4)5/h8-16,21H,5-7H2,1-4H3,(H,29,31);7-13,17H,4-6H2,1-3H3,(H,30,32);3H,1H2,2H3/b15-14+;;. The molecule has 2 aromatic heterocycles. The number of hydrogen-bond acceptors (Lipinski definition) is 13. The van der Waals surface area contributed by atoms with E-state index < -0.39 is 64.4 Å². The van der Waals surface area contributed by atoms with Gasteiger partial charge in [0.15, 0.2) is 19.7 Å². The second-order valence-electron chi connectivity index (χ2n) is 20.6. The maximum atomic E-state index is 12.8. The van der Waals surface area contributed by atoms with E-state index in [4.69, 9.17) is 9.47 Å². The zero-order valence-corrected chi connectivity index (χ0v) is 46.5. The first-order valence-corrected chi connectivity index (χ1v) is 29.6.